The van der Waals surface area contributed by atoms with Crippen LogP contribution < -0.4 is 4.90 Å². The van der Waals surface area contributed by atoms with Gasteiger partial charge in [-0.25, -0.2) is 4.99 Å². The van der Waals surface area contributed by atoms with Crippen LogP contribution in [0.2, 0.25) is 5.02 Å². The smallest absolute Gasteiger partial charge is 0.269 e. The minimum atomic E-state index is -0.00299. The number of amidine groups is 1. The van der Waals surface area contributed by atoms with Crippen molar-refractivity contribution in [3.8, 4) is 0 Å². The van der Waals surface area contributed by atoms with Gasteiger partial charge in [-0.3, -0.25) is 9.69 Å². The van der Waals surface area contributed by atoms with Gasteiger partial charge in [0.2, 0.25) is 0 Å². The van der Waals surface area contributed by atoms with Crippen molar-refractivity contribution < 1.29 is 4.79 Å². The van der Waals surface area contributed by atoms with Crippen LogP contribution in [0.3, 0.4) is 0 Å². The molecule has 34 heavy (non-hydrogen) atoms. The van der Waals surface area contributed by atoms with Crippen LogP contribution in [0.5, 0.6) is 0 Å². The zero-order chi connectivity index (χ0) is 23.8. The Morgan fingerprint density at radius 1 is 0.941 bits per heavy atom. The van der Waals surface area contributed by atoms with E-state index in [2.05, 4.69) is 43.0 Å². The first-order valence-corrected chi connectivity index (χ1v) is 13.1. The van der Waals surface area contributed by atoms with Gasteiger partial charge in [-0.2, -0.15) is 0 Å². The average molecular weight is 506 g/mol. The molecule has 0 radical (unpaired) electrons. The third-order valence-corrected chi connectivity index (χ3v) is 8.70. The molecule has 7 heteroatoms. The van der Waals surface area contributed by atoms with E-state index < -0.39 is 0 Å². The van der Waals surface area contributed by atoms with Gasteiger partial charge in [0.25, 0.3) is 5.91 Å². The molecule has 0 bridgehead atoms. The number of amides is 1. The number of nitrogens with zero attached hydrogens (tertiary/aromatic N) is 3. The average Bonchev–Trinajstić information content (AvgIpc) is 3.31. The molecule has 1 amide bonds. The lowest BCUT2D eigenvalue weighted by atomic mass is 10.1. The molecule has 4 nitrogen and oxygen atoms in total. The van der Waals surface area contributed by atoms with Crippen molar-refractivity contribution in [3.63, 3.8) is 0 Å². The monoisotopic (exact) mass is 505 g/mol. The summed E-state index contributed by atoms with van der Waals surface area (Å²) in [6.45, 7) is 4.74. The zero-order valence-electron chi connectivity index (χ0n) is 19.2. The molecule has 2 aliphatic heterocycles. The highest BCUT2D eigenvalue weighted by atomic mass is 35.5. The Morgan fingerprint density at radius 3 is 2.50 bits per heavy atom. The molecule has 172 valence electrons. The molecule has 0 saturated carbocycles. The van der Waals surface area contributed by atoms with Gasteiger partial charge in [-0.1, -0.05) is 59.8 Å². The molecule has 0 unspecified atom stereocenters. The van der Waals surface area contributed by atoms with Gasteiger partial charge in [0, 0.05) is 23.5 Å². The molecule has 5 rings (SSSR count). The summed E-state index contributed by atoms with van der Waals surface area (Å²) in [6, 6.07) is 22.2. The molecule has 1 saturated heterocycles. The van der Waals surface area contributed by atoms with E-state index in [0.717, 1.165) is 32.9 Å². The number of carbonyl (C=O) groups is 1. The quantitative estimate of drug-likeness (QED) is 0.352. The summed E-state index contributed by atoms with van der Waals surface area (Å²) in [7, 11) is 1.98. The summed E-state index contributed by atoms with van der Waals surface area (Å²) in [5, 5.41) is 2.32. The van der Waals surface area contributed by atoms with Crippen LogP contribution in [-0.2, 0) is 11.2 Å². The van der Waals surface area contributed by atoms with Crippen molar-refractivity contribution in [2.75, 3.05) is 18.5 Å². The second-order valence-corrected chi connectivity index (χ2v) is 10.8. The first-order valence-electron chi connectivity index (χ1n) is 11.1. The third kappa shape index (κ3) is 4.50. The Kier molecular flexibility index (Phi) is 6.47. The molecule has 2 heterocycles. The van der Waals surface area contributed by atoms with E-state index in [-0.39, 0.29) is 5.91 Å². The number of hydrogen-bond acceptors (Lipinski definition) is 5. The molecule has 3 aromatic rings. The highest BCUT2D eigenvalue weighted by Crippen LogP contribution is 2.50. The maximum Gasteiger partial charge on any atom is 0.269 e. The second-order valence-electron chi connectivity index (χ2n) is 8.36. The fourth-order valence-electron chi connectivity index (χ4n) is 3.93. The maximum absolute atomic E-state index is 13.7. The molecule has 1 fully saturated rings. The molecular formula is C27H24ClN3OS2. The van der Waals surface area contributed by atoms with Gasteiger partial charge < -0.3 is 4.90 Å². The zero-order valence-corrected chi connectivity index (χ0v) is 21.6. The van der Waals surface area contributed by atoms with Crippen molar-refractivity contribution >= 4 is 57.6 Å². The summed E-state index contributed by atoms with van der Waals surface area (Å²) in [6.07, 6.45) is 0.764. The SMILES string of the molecule is Cc1ccc(N=C2SC(=C3Sc4ccc(Cl)cc4N3C)C(=O)N2CCc2ccccc2)cc1C. The number of anilines is 1. The third-order valence-electron chi connectivity index (χ3n) is 6.03. The summed E-state index contributed by atoms with van der Waals surface area (Å²) < 4.78 is 0. The van der Waals surface area contributed by atoms with Gasteiger partial charge >= 0.3 is 0 Å². The van der Waals surface area contributed by atoms with Crippen LogP contribution in [0.15, 0.2) is 86.6 Å². The van der Waals surface area contributed by atoms with Crippen molar-refractivity contribution in [2.45, 2.75) is 25.2 Å². The Balaban J connectivity index is 1.51. The van der Waals surface area contributed by atoms with E-state index in [9.17, 15) is 4.79 Å². The first kappa shape index (κ1) is 23.1. The number of rotatable bonds is 4. The van der Waals surface area contributed by atoms with Crippen molar-refractivity contribution in [1.29, 1.82) is 0 Å². The van der Waals surface area contributed by atoms with E-state index >= 15 is 0 Å². The van der Waals surface area contributed by atoms with Crippen LogP contribution in [0.4, 0.5) is 11.4 Å². The molecule has 0 atom stereocenters. The van der Waals surface area contributed by atoms with Gasteiger partial charge in [-0.15, -0.1) is 0 Å². The number of halogens is 1. The molecule has 0 aliphatic carbocycles. The van der Waals surface area contributed by atoms with Crippen molar-refractivity contribution in [1.82, 2.24) is 4.90 Å². The van der Waals surface area contributed by atoms with Crippen LogP contribution in [-0.4, -0.2) is 29.6 Å². The second kappa shape index (κ2) is 9.53. The molecule has 0 N–H and O–H groups in total. The lowest BCUT2D eigenvalue weighted by Gasteiger charge is -2.17. The number of benzene rings is 3. The van der Waals surface area contributed by atoms with E-state index in [0.29, 0.717) is 16.5 Å². The van der Waals surface area contributed by atoms with Gasteiger partial charge in [0.15, 0.2) is 5.17 Å². The lowest BCUT2D eigenvalue weighted by Crippen LogP contribution is -2.31. The van der Waals surface area contributed by atoms with E-state index in [1.165, 1.54) is 28.5 Å². The van der Waals surface area contributed by atoms with Crippen LogP contribution in [0, 0.1) is 13.8 Å². The van der Waals surface area contributed by atoms with Crippen LogP contribution in [0.1, 0.15) is 16.7 Å². The van der Waals surface area contributed by atoms with Crippen LogP contribution >= 0.6 is 35.1 Å². The maximum atomic E-state index is 13.7. The normalized spacial score (nSPS) is 18.8. The van der Waals surface area contributed by atoms with Crippen molar-refractivity contribution in [3.05, 3.63) is 98.4 Å². The summed E-state index contributed by atoms with van der Waals surface area (Å²) >= 11 is 9.29. The topological polar surface area (TPSA) is 35.9 Å². The minimum absolute atomic E-state index is 0.00299. The first-order chi connectivity index (χ1) is 16.4. The highest BCUT2D eigenvalue weighted by molar-refractivity contribution is 8.19. The summed E-state index contributed by atoms with van der Waals surface area (Å²) in [4.78, 5) is 24.3. The molecule has 3 aromatic carbocycles. The number of fused-ring (bicyclic) bond motifs is 1. The summed E-state index contributed by atoms with van der Waals surface area (Å²) in [5.74, 6) is -0.00299. The van der Waals surface area contributed by atoms with Gasteiger partial charge in [0.1, 0.15) is 4.91 Å². The highest BCUT2D eigenvalue weighted by Gasteiger charge is 2.39. The number of aliphatic imine (C=N–C) groups is 1. The van der Waals surface area contributed by atoms with Gasteiger partial charge in [0.05, 0.1) is 16.4 Å². The van der Waals surface area contributed by atoms with Crippen molar-refractivity contribution in [2.24, 2.45) is 4.99 Å². The molecular weight excluding hydrogens is 482 g/mol. The Hall–Kier alpha value is -2.67. The van der Waals surface area contributed by atoms with Crippen LogP contribution in [0.25, 0.3) is 0 Å². The molecule has 2 aliphatic rings. The van der Waals surface area contributed by atoms with E-state index in [1.54, 1.807) is 11.8 Å². The fraction of sp³-hybridized carbons (Fsp3) is 0.185. The fourth-order valence-corrected chi connectivity index (χ4v) is 6.44. The largest absolute Gasteiger partial charge is 0.337 e. The summed E-state index contributed by atoms with van der Waals surface area (Å²) in [5.41, 5.74) is 5.48. The lowest BCUT2D eigenvalue weighted by molar-refractivity contribution is -0.122. The number of aryl methyl sites for hydroxylation is 2. The molecule has 0 aromatic heterocycles. The molecule has 0 spiro atoms. The number of thioether (sulfide) groups is 2. The Morgan fingerprint density at radius 2 is 1.74 bits per heavy atom. The number of carbonyl (C=O) groups excluding carboxylic acids is 1. The predicted octanol–water partition coefficient (Wildman–Crippen LogP) is 7.17. The van der Waals surface area contributed by atoms with Gasteiger partial charge in [-0.05, 0) is 79.1 Å². The van der Waals surface area contributed by atoms with E-state index in [4.69, 9.17) is 16.6 Å². The minimum Gasteiger partial charge on any atom is -0.337 e. The number of hydrogen-bond donors (Lipinski definition) is 0. The predicted molar refractivity (Wildman–Crippen MR) is 145 cm³/mol. The Bertz CT molecular complexity index is 1340. The Labute approximate surface area is 213 Å². The standard InChI is InChI=1S/C27H24ClN3OS2/c1-17-9-11-21(15-18(17)2)29-27-31(14-13-19-7-5-4-6-8-19)25(32)24(34-27)26-30(3)22-16-20(28)10-12-23(22)33-26/h4-12,15-16H,13-14H2,1-3H3. The van der Waals surface area contributed by atoms with E-state index in [1.807, 2.05) is 54.4 Å².